The molecule has 2 fully saturated rings. The van der Waals surface area contributed by atoms with Gasteiger partial charge in [-0.1, -0.05) is 26.0 Å². The van der Waals surface area contributed by atoms with Crippen LogP contribution in [-0.2, 0) is 45.1 Å². The highest BCUT2D eigenvalue weighted by atomic mass is 32.2. The van der Waals surface area contributed by atoms with E-state index in [1.54, 1.807) is 52.0 Å². The molecule has 11 heteroatoms. The van der Waals surface area contributed by atoms with E-state index in [0.29, 0.717) is 24.1 Å². The number of esters is 2. The van der Waals surface area contributed by atoms with Gasteiger partial charge in [0.15, 0.2) is 0 Å². The largest absolute Gasteiger partial charge is 0.466 e. The van der Waals surface area contributed by atoms with Gasteiger partial charge in [0, 0.05) is 23.9 Å². The number of benzene rings is 1. The fourth-order valence-electron chi connectivity index (χ4n) is 5.87. The smallest absolute Gasteiger partial charge is 0.325 e. The van der Waals surface area contributed by atoms with Crippen LogP contribution < -0.4 is 10.0 Å². The number of rotatable bonds is 12. The number of anilines is 1. The second-order valence-corrected chi connectivity index (χ2v) is 14.1. The van der Waals surface area contributed by atoms with Crippen LogP contribution in [-0.4, -0.2) is 56.0 Å². The summed E-state index contributed by atoms with van der Waals surface area (Å²) in [4.78, 5) is 49.6. The molecule has 0 heterocycles. The van der Waals surface area contributed by atoms with Crippen molar-refractivity contribution < 1.29 is 37.1 Å². The predicted octanol–water partition coefficient (Wildman–Crippen LogP) is 3.54. The average Bonchev–Trinajstić information content (AvgIpc) is 3.16. The van der Waals surface area contributed by atoms with E-state index in [1.165, 1.54) is 0 Å². The lowest BCUT2D eigenvalue weighted by atomic mass is 9.70. The van der Waals surface area contributed by atoms with E-state index in [1.807, 2.05) is 13.8 Å². The molecule has 0 aromatic heterocycles. The first-order chi connectivity index (χ1) is 18.5. The Bertz CT molecular complexity index is 1230. The van der Waals surface area contributed by atoms with E-state index in [0.717, 1.165) is 6.42 Å². The van der Waals surface area contributed by atoms with Crippen LogP contribution >= 0.6 is 0 Å². The summed E-state index contributed by atoms with van der Waals surface area (Å²) in [5.74, 6) is -1.73. The average molecular weight is 579 g/mol. The number of hydrogen-bond acceptors (Lipinski definition) is 8. The van der Waals surface area contributed by atoms with Gasteiger partial charge in [-0.05, 0) is 76.0 Å². The number of carbonyl (C=O) groups excluding carboxylic acids is 4. The van der Waals surface area contributed by atoms with Gasteiger partial charge in [-0.3, -0.25) is 19.2 Å². The summed E-state index contributed by atoms with van der Waals surface area (Å²) in [6.45, 7) is 11.0. The SMILES string of the molecule is CCOC(=O)CCC(=O)Nc1ccc(C[C@H](NS(=O)(=O)C[C@]23CCC(CC2=O)C3(C)C)C(=O)OC(C)(C)C)cc1. The lowest BCUT2D eigenvalue weighted by Crippen LogP contribution is -2.50. The highest BCUT2D eigenvalue weighted by Crippen LogP contribution is 2.64. The van der Waals surface area contributed by atoms with Crippen molar-refractivity contribution >= 4 is 39.3 Å². The van der Waals surface area contributed by atoms with E-state index in [9.17, 15) is 27.6 Å². The van der Waals surface area contributed by atoms with Crippen LogP contribution in [0.4, 0.5) is 5.69 Å². The van der Waals surface area contributed by atoms with Gasteiger partial charge >= 0.3 is 11.9 Å². The van der Waals surface area contributed by atoms with Crippen molar-refractivity contribution in [3.05, 3.63) is 29.8 Å². The first-order valence-corrected chi connectivity index (χ1v) is 15.4. The van der Waals surface area contributed by atoms with Crippen molar-refractivity contribution in [1.82, 2.24) is 4.72 Å². The summed E-state index contributed by atoms with van der Waals surface area (Å²) in [6, 6.07) is 5.42. The Balaban J connectivity index is 1.72. The molecule has 0 spiro atoms. The lowest BCUT2D eigenvalue weighted by Gasteiger charge is -2.36. The standard InChI is InChI=1S/C29H42N2O8S/c1-7-38-25(34)13-12-24(33)30-21-10-8-19(9-11-21)16-22(26(35)39-27(2,3)4)31-40(36,37)18-29-15-14-20(17-23(29)32)28(29,5)6/h8-11,20,22,31H,7,12-18H2,1-6H3,(H,30,33)/t20?,22-,29+/m0/s1. The molecule has 0 radical (unpaired) electrons. The Hall–Kier alpha value is -2.79. The number of sulfonamides is 1. The molecule has 1 amide bonds. The summed E-state index contributed by atoms with van der Waals surface area (Å²) in [5.41, 5.74) is -1.10. The molecule has 1 aromatic rings. The first kappa shape index (κ1) is 31.7. The predicted molar refractivity (Wildman–Crippen MR) is 150 cm³/mol. The monoisotopic (exact) mass is 578 g/mol. The van der Waals surface area contributed by atoms with Crippen molar-refractivity contribution in [2.75, 3.05) is 17.7 Å². The molecule has 40 heavy (non-hydrogen) atoms. The lowest BCUT2D eigenvalue weighted by molar-refractivity contribution is -0.157. The number of nitrogens with one attached hydrogen (secondary N) is 2. The summed E-state index contributed by atoms with van der Waals surface area (Å²) in [6.07, 6.45) is 1.69. The van der Waals surface area contributed by atoms with E-state index in [4.69, 9.17) is 9.47 Å². The number of amides is 1. The third-order valence-corrected chi connectivity index (χ3v) is 9.64. The van der Waals surface area contributed by atoms with Gasteiger partial charge in [0.05, 0.1) is 18.8 Å². The van der Waals surface area contributed by atoms with Crippen LogP contribution in [0.3, 0.4) is 0 Å². The zero-order valence-electron chi connectivity index (χ0n) is 24.3. The summed E-state index contributed by atoms with van der Waals surface area (Å²) in [7, 11) is -4.04. The fraction of sp³-hybridized carbons (Fsp3) is 0.655. The minimum Gasteiger partial charge on any atom is -0.466 e. The third kappa shape index (κ3) is 7.48. The zero-order valence-corrected chi connectivity index (χ0v) is 25.1. The molecule has 2 aliphatic carbocycles. The van der Waals surface area contributed by atoms with Crippen LogP contribution in [0.25, 0.3) is 0 Å². The fourth-order valence-corrected chi connectivity index (χ4v) is 7.89. The Kier molecular flexibility index (Phi) is 9.51. The molecule has 2 saturated carbocycles. The molecule has 1 aromatic carbocycles. The van der Waals surface area contributed by atoms with Gasteiger partial charge < -0.3 is 14.8 Å². The van der Waals surface area contributed by atoms with E-state index in [-0.39, 0.29) is 49.2 Å². The normalized spacial score (nSPS) is 22.6. The Labute approximate surface area is 237 Å². The second kappa shape index (κ2) is 12.0. The van der Waals surface area contributed by atoms with Gasteiger partial charge in [0.25, 0.3) is 0 Å². The Morgan fingerprint density at radius 1 is 1.10 bits per heavy atom. The summed E-state index contributed by atoms with van der Waals surface area (Å²) < 4.78 is 39.8. The molecule has 222 valence electrons. The van der Waals surface area contributed by atoms with Crippen LogP contribution in [0.15, 0.2) is 24.3 Å². The number of ether oxygens (including phenoxy) is 2. The highest BCUT2D eigenvalue weighted by Gasteiger charge is 2.65. The van der Waals surface area contributed by atoms with Gasteiger partial charge in [-0.25, -0.2) is 13.1 Å². The van der Waals surface area contributed by atoms with Gasteiger partial charge in [-0.15, -0.1) is 0 Å². The first-order valence-electron chi connectivity index (χ1n) is 13.8. The van der Waals surface area contributed by atoms with Crippen molar-refractivity contribution in [3.8, 4) is 0 Å². The van der Waals surface area contributed by atoms with E-state index < -0.39 is 44.4 Å². The number of hydrogen-bond donors (Lipinski definition) is 2. The number of ketones is 1. The molecule has 2 bridgehead atoms. The topological polar surface area (TPSA) is 145 Å². The van der Waals surface area contributed by atoms with Crippen molar-refractivity contribution in [1.29, 1.82) is 0 Å². The van der Waals surface area contributed by atoms with Crippen LogP contribution in [0.2, 0.25) is 0 Å². The molecule has 2 aliphatic rings. The van der Waals surface area contributed by atoms with Gasteiger partial charge in [0.2, 0.25) is 15.9 Å². The number of fused-ring (bicyclic) bond motifs is 2. The third-order valence-electron chi connectivity index (χ3n) is 8.13. The molecule has 2 N–H and O–H groups in total. The Morgan fingerprint density at radius 2 is 1.75 bits per heavy atom. The maximum absolute atomic E-state index is 13.4. The van der Waals surface area contributed by atoms with E-state index >= 15 is 0 Å². The summed E-state index contributed by atoms with van der Waals surface area (Å²) >= 11 is 0. The number of carbonyl (C=O) groups is 4. The maximum atomic E-state index is 13.4. The quantitative estimate of drug-likeness (QED) is 0.358. The molecule has 10 nitrogen and oxygen atoms in total. The highest BCUT2D eigenvalue weighted by molar-refractivity contribution is 7.89. The Morgan fingerprint density at radius 3 is 2.27 bits per heavy atom. The van der Waals surface area contributed by atoms with Gasteiger partial charge in [0.1, 0.15) is 17.4 Å². The van der Waals surface area contributed by atoms with Crippen molar-refractivity contribution in [3.63, 3.8) is 0 Å². The van der Waals surface area contributed by atoms with Crippen molar-refractivity contribution in [2.45, 2.75) is 91.7 Å². The summed E-state index contributed by atoms with van der Waals surface area (Å²) in [5, 5.41) is 2.70. The van der Waals surface area contributed by atoms with Crippen LogP contribution in [0.5, 0.6) is 0 Å². The molecular weight excluding hydrogens is 536 g/mol. The van der Waals surface area contributed by atoms with Crippen molar-refractivity contribution in [2.24, 2.45) is 16.7 Å². The second-order valence-electron chi connectivity index (χ2n) is 12.4. The molecule has 0 saturated heterocycles. The van der Waals surface area contributed by atoms with Crippen LogP contribution in [0.1, 0.15) is 79.2 Å². The molecule has 0 aliphatic heterocycles. The molecular formula is C29H42N2O8S. The van der Waals surface area contributed by atoms with Gasteiger partial charge in [-0.2, -0.15) is 0 Å². The minimum atomic E-state index is -4.04. The molecule has 3 atom stereocenters. The zero-order chi connectivity index (χ0) is 29.9. The maximum Gasteiger partial charge on any atom is 0.325 e. The number of Topliss-reactive ketones (excluding diaryl/α,β-unsaturated/α-hetero) is 1. The minimum absolute atomic E-state index is 0.0121. The molecule has 1 unspecified atom stereocenters. The van der Waals surface area contributed by atoms with Crippen LogP contribution in [0, 0.1) is 16.7 Å². The van der Waals surface area contributed by atoms with E-state index in [2.05, 4.69) is 10.0 Å². The molecule has 3 rings (SSSR count).